The maximum atomic E-state index is 13.7. The summed E-state index contributed by atoms with van der Waals surface area (Å²) in [7, 11) is 0. The van der Waals surface area contributed by atoms with Gasteiger partial charge in [-0.05, 0) is 54.7 Å². The molecule has 2 N–H and O–H groups in total. The highest BCUT2D eigenvalue weighted by Gasteiger charge is 2.41. The van der Waals surface area contributed by atoms with Gasteiger partial charge in [0.1, 0.15) is 5.82 Å². The van der Waals surface area contributed by atoms with Crippen LogP contribution in [0.15, 0.2) is 18.2 Å². The lowest BCUT2D eigenvalue weighted by Crippen LogP contribution is -2.46. The third kappa shape index (κ3) is 2.59. The monoisotopic (exact) mass is 249 g/mol. The quantitative estimate of drug-likeness (QED) is 0.795. The second-order valence-electron chi connectivity index (χ2n) is 6.97. The van der Waals surface area contributed by atoms with Gasteiger partial charge < -0.3 is 5.73 Å². The molecule has 2 heteroatoms. The van der Waals surface area contributed by atoms with Gasteiger partial charge >= 0.3 is 0 Å². The normalized spacial score (nSPS) is 31.3. The lowest BCUT2D eigenvalue weighted by atomic mass is 9.62. The second-order valence-corrected chi connectivity index (χ2v) is 6.97. The zero-order chi connectivity index (χ0) is 13.6. The molecule has 1 aromatic carbocycles. The van der Waals surface area contributed by atoms with E-state index in [9.17, 15) is 4.39 Å². The summed E-state index contributed by atoms with van der Waals surface area (Å²) < 4.78 is 13.7. The van der Waals surface area contributed by atoms with Crippen molar-refractivity contribution in [2.45, 2.75) is 52.5 Å². The molecule has 0 amide bonds. The van der Waals surface area contributed by atoms with Gasteiger partial charge in [0.15, 0.2) is 0 Å². The Morgan fingerprint density at radius 1 is 1.28 bits per heavy atom. The summed E-state index contributed by atoms with van der Waals surface area (Å²) in [6.45, 7) is 8.55. The van der Waals surface area contributed by atoms with Gasteiger partial charge in [0.05, 0.1) is 0 Å². The Labute approximate surface area is 110 Å². The van der Waals surface area contributed by atoms with Gasteiger partial charge in [0.2, 0.25) is 0 Å². The molecule has 2 unspecified atom stereocenters. The first kappa shape index (κ1) is 13.5. The maximum Gasteiger partial charge on any atom is 0.126 e. The molecule has 0 aromatic heterocycles. The fraction of sp³-hybridized carbons (Fsp3) is 0.625. The zero-order valence-corrected chi connectivity index (χ0v) is 11.9. The van der Waals surface area contributed by atoms with Gasteiger partial charge in [-0.15, -0.1) is 0 Å². The molecule has 2 rings (SSSR count). The highest BCUT2D eigenvalue weighted by molar-refractivity contribution is 5.30. The number of aryl methyl sites for hydroxylation is 1. The first-order valence-corrected chi connectivity index (χ1v) is 6.77. The number of hydrogen-bond acceptors (Lipinski definition) is 1. The van der Waals surface area contributed by atoms with Crippen molar-refractivity contribution < 1.29 is 4.39 Å². The summed E-state index contributed by atoms with van der Waals surface area (Å²) >= 11 is 0. The van der Waals surface area contributed by atoms with Crippen molar-refractivity contribution >= 4 is 0 Å². The summed E-state index contributed by atoms with van der Waals surface area (Å²) in [4.78, 5) is 0. The van der Waals surface area contributed by atoms with Crippen molar-refractivity contribution in [1.82, 2.24) is 0 Å². The van der Waals surface area contributed by atoms with Crippen molar-refractivity contribution in [1.29, 1.82) is 0 Å². The van der Waals surface area contributed by atoms with Crippen LogP contribution in [-0.4, -0.2) is 0 Å². The Bertz CT molecular complexity index is 452. The summed E-state index contributed by atoms with van der Waals surface area (Å²) in [5, 5.41) is 0. The zero-order valence-electron chi connectivity index (χ0n) is 11.9. The van der Waals surface area contributed by atoms with E-state index in [1.165, 1.54) is 6.42 Å². The predicted molar refractivity (Wildman–Crippen MR) is 73.8 cm³/mol. The van der Waals surface area contributed by atoms with E-state index in [2.05, 4.69) is 20.8 Å². The van der Waals surface area contributed by atoms with Crippen molar-refractivity contribution in [3.63, 3.8) is 0 Å². The number of hydrogen-bond donors (Lipinski definition) is 1. The van der Waals surface area contributed by atoms with Crippen molar-refractivity contribution in [2.24, 2.45) is 17.1 Å². The minimum atomic E-state index is -0.379. The van der Waals surface area contributed by atoms with E-state index in [-0.39, 0.29) is 16.8 Å². The molecule has 1 fully saturated rings. The van der Waals surface area contributed by atoms with Gasteiger partial charge in [0, 0.05) is 5.54 Å². The van der Waals surface area contributed by atoms with Crippen LogP contribution in [0.4, 0.5) is 4.39 Å². The smallest absolute Gasteiger partial charge is 0.126 e. The third-order valence-corrected chi connectivity index (χ3v) is 4.15. The molecule has 1 nitrogen and oxygen atoms in total. The van der Waals surface area contributed by atoms with Crippen LogP contribution in [0.1, 0.15) is 51.2 Å². The van der Waals surface area contributed by atoms with Gasteiger partial charge in [0.25, 0.3) is 0 Å². The molecule has 0 radical (unpaired) electrons. The van der Waals surface area contributed by atoms with Crippen molar-refractivity contribution in [3.05, 3.63) is 35.1 Å². The highest BCUT2D eigenvalue weighted by Crippen LogP contribution is 2.47. The third-order valence-electron chi connectivity index (χ3n) is 4.15. The van der Waals surface area contributed by atoms with Crippen LogP contribution in [0.3, 0.4) is 0 Å². The first-order chi connectivity index (χ1) is 8.22. The summed E-state index contributed by atoms with van der Waals surface area (Å²) in [6, 6.07) is 5.46. The van der Waals surface area contributed by atoms with Gasteiger partial charge in [-0.1, -0.05) is 32.9 Å². The molecule has 1 aliphatic carbocycles. The van der Waals surface area contributed by atoms with Crippen LogP contribution >= 0.6 is 0 Å². The van der Waals surface area contributed by atoms with Crippen molar-refractivity contribution in [2.75, 3.05) is 0 Å². The molecule has 0 spiro atoms. The first-order valence-electron chi connectivity index (χ1n) is 6.77. The molecule has 18 heavy (non-hydrogen) atoms. The van der Waals surface area contributed by atoms with E-state index in [1.807, 2.05) is 12.1 Å². The SMILES string of the molecule is Cc1ccc(C2(N)CC(C)CC(C)(C)C2)cc1F. The Kier molecular flexibility index (Phi) is 3.26. The lowest BCUT2D eigenvalue weighted by Gasteiger charge is -2.46. The molecule has 0 aliphatic heterocycles. The molecule has 0 heterocycles. The number of benzene rings is 1. The largest absolute Gasteiger partial charge is 0.321 e. The molecule has 0 saturated heterocycles. The molecule has 0 bridgehead atoms. The van der Waals surface area contributed by atoms with Gasteiger partial charge in [-0.25, -0.2) is 4.39 Å². The Balaban J connectivity index is 2.37. The molecule has 100 valence electrons. The van der Waals surface area contributed by atoms with Crippen LogP contribution in [-0.2, 0) is 5.54 Å². The van der Waals surface area contributed by atoms with E-state index in [1.54, 1.807) is 13.0 Å². The Morgan fingerprint density at radius 2 is 1.94 bits per heavy atom. The van der Waals surface area contributed by atoms with Crippen LogP contribution in [0.25, 0.3) is 0 Å². The summed E-state index contributed by atoms with van der Waals surface area (Å²) in [6.07, 6.45) is 3.06. The number of halogens is 1. The second kappa shape index (κ2) is 4.34. The van der Waals surface area contributed by atoms with E-state index >= 15 is 0 Å². The van der Waals surface area contributed by atoms with Crippen LogP contribution in [0.2, 0.25) is 0 Å². The van der Waals surface area contributed by atoms with Crippen LogP contribution in [0.5, 0.6) is 0 Å². The minimum absolute atomic E-state index is 0.145. The van der Waals surface area contributed by atoms with E-state index in [0.717, 1.165) is 18.4 Å². The standard InChI is InChI=1S/C16H24FN/c1-11-8-15(3,4)10-16(18,9-11)13-6-5-12(2)14(17)7-13/h5-7,11H,8-10,18H2,1-4H3. The minimum Gasteiger partial charge on any atom is -0.321 e. The molecular weight excluding hydrogens is 225 g/mol. The summed E-state index contributed by atoms with van der Waals surface area (Å²) in [5.41, 5.74) is 8.08. The molecule has 1 aromatic rings. The average Bonchev–Trinajstić information content (AvgIpc) is 2.18. The fourth-order valence-electron chi connectivity index (χ4n) is 3.76. The number of nitrogens with two attached hydrogens (primary N) is 1. The molecule has 2 atom stereocenters. The molecule has 1 aliphatic rings. The Morgan fingerprint density at radius 3 is 2.50 bits per heavy atom. The molecule has 1 saturated carbocycles. The van der Waals surface area contributed by atoms with E-state index < -0.39 is 0 Å². The topological polar surface area (TPSA) is 26.0 Å². The lowest BCUT2D eigenvalue weighted by molar-refractivity contribution is 0.107. The van der Waals surface area contributed by atoms with Crippen molar-refractivity contribution in [3.8, 4) is 0 Å². The Hall–Kier alpha value is -0.890. The number of rotatable bonds is 1. The van der Waals surface area contributed by atoms with Gasteiger partial charge in [-0.3, -0.25) is 0 Å². The maximum absolute atomic E-state index is 13.7. The fourth-order valence-corrected chi connectivity index (χ4v) is 3.76. The average molecular weight is 249 g/mol. The predicted octanol–water partition coefficient (Wildman–Crippen LogP) is 4.13. The van der Waals surface area contributed by atoms with Crippen LogP contribution in [0, 0.1) is 24.1 Å². The van der Waals surface area contributed by atoms with E-state index in [0.29, 0.717) is 11.5 Å². The summed E-state index contributed by atoms with van der Waals surface area (Å²) in [5.74, 6) is 0.441. The molecular formula is C16H24FN. The van der Waals surface area contributed by atoms with Crippen LogP contribution < -0.4 is 5.73 Å². The highest BCUT2D eigenvalue weighted by atomic mass is 19.1. The van der Waals surface area contributed by atoms with E-state index in [4.69, 9.17) is 5.73 Å². The van der Waals surface area contributed by atoms with Gasteiger partial charge in [-0.2, -0.15) is 0 Å².